The number of quaternary nitrogens is 1. The lowest BCUT2D eigenvalue weighted by Crippen LogP contribution is -3.05. The lowest BCUT2D eigenvalue weighted by Gasteiger charge is -2.06. The summed E-state index contributed by atoms with van der Waals surface area (Å²) in [5.74, 6) is -0.190. The van der Waals surface area contributed by atoms with Crippen molar-refractivity contribution in [3.8, 4) is 0 Å². The van der Waals surface area contributed by atoms with Gasteiger partial charge in [0.1, 0.15) is 0 Å². The molecule has 0 amide bonds. The van der Waals surface area contributed by atoms with Crippen LogP contribution < -0.4 is 4.90 Å². The molecular formula is C28H61NO3S. The normalized spacial score (nSPS) is 11.6. The van der Waals surface area contributed by atoms with Gasteiger partial charge in [0.2, 0.25) is 0 Å². The fraction of sp³-hybridized carbons (Fsp3) is 1.00. The highest BCUT2D eigenvalue weighted by atomic mass is 32.2. The van der Waals surface area contributed by atoms with Gasteiger partial charge in [-0.3, -0.25) is 0 Å². The number of rotatable bonds is 24. The molecule has 0 aromatic carbocycles. The van der Waals surface area contributed by atoms with Gasteiger partial charge in [-0.2, -0.15) is 0 Å². The zero-order chi connectivity index (χ0) is 25.0. The molecular weight excluding hydrogens is 430 g/mol. The van der Waals surface area contributed by atoms with Crippen molar-refractivity contribution in [1.82, 2.24) is 0 Å². The third-order valence-corrected chi connectivity index (χ3v) is 7.07. The number of nitrogens with one attached hydrogen (secondary N) is 1. The summed E-state index contributed by atoms with van der Waals surface area (Å²) in [6.07, 6.45) is 28.7. The van der Waals surface area contributed by atoms with Gasteiger partial charge in [-0.15, -0.1) is 0 Å². The van der Waals surface area contributed by atoms with Gasteiger partial charge in [0, 0.05) is 5.75 Å². The summed E-state index contributed by atoms with van der Waals surface area (Å²) in [5.41, 5.74) is 0. The average Bonchev–Trinajstić information content (AvgIpc) is 2.75. The molecule has 0 aliphatic heterocycles. The van der Waals surface area contributed by atoms with E-state index in [-0.39, 0.29) is 5.75 Å². The molecule has 0 aromatic rings. The standard InChI is InChI=1S/C14H31N.C14H30O3S/c1-4-5-6-7-8-9-10-11-12-13-14-15(2)3;1-2-3-4-5-6-7-8-9-10-11-12-13-14-18(15,16)17/h4-14H2,1-3H3;2-14H2,1H3,(H,15,16,17). The lowest BCUT2D eigenvalue weighted by atomic mass is 10.1. The van der Waals surface area contributed by atoms with Gasteiger partial charge in [-0.25, -0.2) is 8.42 Å². The van der Waals surface area contributed by atoms with E-state index in [9.17, 15) is 13.0 Å². The predicted octanol–water partition coefficient (Wildman–Crippen LogP) is 7.28. The smallest absolute Gasteiger partial charge is 0.0945 e. The molecule has 1 N–H and O–H groups in total. The Bertz CT molecular complexity index is 452. The van der Waals surface area contributed by atoms with Gasteiger partial charge < -0.3 is 9.45 Å². The molecule has 0 saturated carbocycles. The number of unbranched alkanes of at least 4 members (excludes halogenated alkanes) is 20. The second-order valence-electron chi connectivity index (χ2n) is 10.3. The Morgan fingerprint density at radius 1 is 0.485 bits per heavy atom. The molecule has 0 fully saturated rings. The second-order valence-corrected chi connectivity index (χ2v) is 11.8. The Kier molecular flexibility index (Phi) is 29.8. The molecule has 0 bridgehead atoms. The molecule has 0 aliphatic carbocycles. The van der Waals surface area contributed by atoms with Crippen LogP contribution in [0, 0.1) is 0 Å². The van der Waals surface area contributed by atoms with Crippen molar-refractivity contribution in [2.24, 2.45) is 0 Å². The molecule has 0 radical (unpaired) electrons. The quantitative estimate of drug-likeness (QED) is 0.114. The van der Waals surface area contributed by atoms with Crippen molar-refractivity contribution in [1.29, 1.82) is 0 Å². The first-order valence-corrected chi connectivity index (χ1v) is 16.1. The first kappa shape index (κ1) is 35.0. The highest BCUT2D eigenvalue weighted by molar-refractivity contribution is 7.85. The van der Waals surface area contributed by atoms with Crippen LogP contribution in [0.2, 0.25) is 0 Å². The maximum Gasteiger partial charge on any atom is 0.0945 e. The van der Waals surface area contributed by atoms with Crippen molar-refractivity contribution in [3.05, 3.63) is 0 Å². The molecule has 0 atom stereocenters. The van der Waals surface area contributed by atoms with E-state index in [4.69, 9.17) is 0 Å². The maximum absolute atomic E-state index is 10.4. The molecule has 4 nitrogen and oxygen atoms in total. The molecule has 0 aliphatic rings. The summed E-state index contributed by atoms with van der Waals surface area (Å²) < 4.78 is 31.1. The van der Waals surface area contributed by atoms with E-state index in [1.807, 2.05) is 0 Å². The van der Waals surface area contributed by atoms with E-state index in [1.165, 1.54) is 129 Å². The topological polar surface area (TPSA) is 61.6 Å². The molecule has 0 aromatic heterocycles. The van der Waals surface area contributed by atoms with Crippen LogP contribution in [-0.2, 0) is 10.1 Å². The van der Waals surface area contributed by atoms with E-state index in [1.54, 1.807) is 4.90 Å². The molecule has 5 heteroatoms. The highest BCUT2D eigenvalue weighted by Crippen LogP contribution is 2.12. The van der Waals surface area contributed by atoms with Gasteiger partial charge >= 0.3 is 0 Å². The Morgan fingerprint density at radius 3 is 1.03 bits per heavy atom. The van der Waals surface area contributed by atoms with Gasteiger partial charge in [-0.1, -0.05) is 136 Å². The van der Waals surface area contributed by atoms with Crippen LogP contribution in [0.25, 0.3) is 0 Å². The molecule has 202 valence electrons. The van der Waals surface area contributed by atoms with Crippen LogP contribution in [0.1, 0.15) is 155 Å². The van der Waals surface area contributed by atoms with Crippen LogP contribution in [0.15, 0.2) is 0 Å². The van der Waals surface area contributed by atoms with E-state index in [2.05, 4.69) is 27.9 Å². The highest BCUT2D eigenvalue weighted by Gasteiger charge is 1.97. The van der Waals surface area contributed by atoms with Crippen LogP contribution in [-0.4, -0.2) is 39.4 Å². The minimum atomic E-state index is -3.99. The summed E-state index contributed by atoms with van der Waals surface area (Å²) in [6.45, 7) is 5.86. The summed E-state index contributed by atoms with van der Waals surface area (Å²) in [5, 5.41) is 0. The average molecular weight is 492 g/mol. The molecule has 0 saturated heterocycles. The third-order valence-electron chi connectivity index (χ3n) is 6.28. The molecule has 0 heterocycles. The van der Waals surface area contributed by atoms with Crippen molar-refractivity contribution in [2.75, 3.05) is 26.4 Å². The monoisotopic (exact) mass is 491 g/mol. The molecule has 0 spiro atoms. The van der Waals surface area contributed by atoms with E-state index in [0.717, 1.165) is 12.8 Å². The van der Waals surface area contributed by atoms with Crippen molar-refractivity contribution >= 4 is 10.1 Å². The minimum absolute atomic E-state index is 0.190. The Labute approximate surface area is 209 Å². The van der Waals surface area contributed by atoms with Crippen LogP contribution in [0.5, 0.6) is 0 Å². The zero-order valence-corrected chi connectivity index (χ0v) is 23.9. The minimum Gasteiger partial charge on any atom is -0.748 e. The van der Waals surface area contributed by atoms with Gasteiger partial charge in [-0.05, 0) is 19.3 Å². The fourth-order valence-corrected chi connectivity index (χ4v) is 4.64. The largest absolute Gasteiger partial charge is 0.748 e. The van der Waals surface area contributed by atoms with Gasteiger partial charge in [0.25, 0.3) is 0 Å². The lowest BCUT2D eigenvalue weighted by molar-refractivity contribution is -0.858. The second kappa shape index (κ2) is 28.1. The number of hydrogen-bond acceptors (Lipinski definition) is 3. The van der Waals surface area contributed by atoms with E-state index < -0.39 is 10.1 Å². The Morgan fingerprint density at radius 2 is 0.758 bits per heavy atom. The summed E-state index contributed by atoms with van der Waals surface area (Å²) in [7, 11) is 0.501. The Hall–Kier alpha value is -0.130. The number of hydrogen-bond donors (Lipinski definition) is 1. The molecule has 0 rings (SSSR count). The van der Waals surface area contributed by atoms with Crippen molar-refractivity contribution in [3.63, 3.8) is 0 Å². The zero-order valence-electron chi connectivity index (χ0n) is 23.1. The van der Waals surface area contributed by atoms with Gasteiger partial charge in [0.15, 0.2) is 0 Å². The predicted molar refractivity (Wildman–Crippen MR) is 145 cm³/mol. The van der Waals surface area contributed by atoms with Crippen LogP contribution in [0.3, 0.4) is 0 Å². The third kappa shape index (κ3) is 39.4. The fourth-order valence-electron chi connectivity index (χ4n) is 4.09. The summed E-state index contributed by atoms with van der Waals surface area (Å²) in [6, 6.07) is 0. The first-order valence-electron chi connectivity index (χ1n) is 14.6. The van der Waals surface area contributed by atoms with E-state index >= 15 is 0 Å². The first-order chi connectivity index (χ1) is 15.8. The maximum atomic E-state index is 10.4. The summed E-state index contributed by atoms with van der Waals surface area (Å²) in [4.78, 5) is 1.59. The van der Waals surface area contributed by atoms with Crippen LogP contribution in [0.4, 0.5) is 0 Å². The molecule has 33 heavy (non-hydrogen) atoms. The molecule has 0 unspecified atom stereocenters. The van der Waals surface area contributed by atoms with Crippen LogP contribution >= 0.6 is 0 Å². The van der Waals surface area contributed by atoms with Crippen molar-refractivity contribution < 1.29 is 17.9 Å². The van der Waals surface area contributed by atoms with Crippen molar-refractivity contribution in [2.45, 2.75) is 155 Å². The van der Waals surface area contributed by atoms with E-state index in [0.29, 0.717) is 6.42 Å². The summed E-state index contributed by atoms with van der Waals surface area (Å²) >= 11 is 0. The Balaban J connectivity index is 0. The SMILES string of the molecule is CCCCCCCCCCCCCCS(=O)(=O)[O-].CCCCCCCCCCCC[NH+](C)C. The van der Waals surface area contributed by atoms with Gasteiger partial charge in [0.05, 0.1) is 30.8 Å².